The van der Waals surface area contributed by atoms with Crippen LogP contribution in [0.3, 0.4) is 0 Å². The molecule has 0 aliphatic carbocycles. The number of hydrogen-bond acceptors (Lipinski definition) is 1. The second-order valence-electron chi connectivity index (χ2n) is 16.0. The molecule has 0 aromatic heterocycles. The molecule has 1 heteroatoms. The van der Waals surface area contributed by atoms with Gasteiger partial charge in [0.05, 0.1) is 11.4 Å². The zero-order chi connectivity index (χ0) is 40.3. The average Bonchev–Trinajstić information content (AvgIpc) is 3.34. The molecule has 0 amide bonds. The van der Waals surface area contributed by atoms with Crippen LogP contribution in [0.1, 0.15) is 0 Å². The van der Waals surface area contributed by atoms with E-state index in [0.717, 1.165) is 17.1 Å². The van der Waals surface area contributed by atoms with E-state index in [1.165, 1.54) is 98.0 Å². The molecule has 0 fully saturated rings. The second kappa shape index (κ2) is 14.4. The van der Waals surface area contributed by atoms with Crippen LogP contribution in [-0.2, 0) is 0 Å². The Morgan fingerprint density at radius 2 is 0.705 bits per heavy atom. The minimum absolute atomic E-state index is 1.09. The molecule has 12 aromatic carbocycles. The fourth-order valence-corrected chi connectivity index (χ4v) is 9.73. The van der Waals surface area contributed by atoms with Gasteiger partial charge in [-0.1, -0.05) is 206 Å². The molecule has 0 aliphatic rings. The van der Waals surface area contributed by atoms with Crippen molar-refractivity contribution >= 4 is 81.7 Å². The molecule has 12 aromatic rings. The summed E-state index contributed by atoms with van der Waals surface area (Å²) in [6.45, 7) is 0. The van der Waals surface area contributed by atoms with Gasteiger partial charge in [0.1, 0.15) is 0 Å². The van der Waals surface area contributed by atoms with Crippen LogP contribution in [-0.4, -0.2) is 0 Å². The van der Waals surface area contributed by atoms with Crippen LogP contribution in [0.25, 0.3) is 98.0 Å². The fraction of sp³-hybridized carbons (Fsp3) is 0. The van der Waals surface area contributed by atoms with Crippen molar-refractivity contribution in [3.8, 4) is 33.4 Å². The molecule has 0 atom stereocenters. The molecular formula is C60H39N. The number of anilines is 3. The topological polar surface area (TPSA) is 3.24 Å². The van der Waals surface area contributed by atoms with Gasteiger partial charge in [0, 0.05) is 22.2 Å². The molecule has 0 bridgehead atoms. The molecule has 0 heterocycles. The van der Waals surface area contributed by atoms with Gasteiger partial charge < -0.3 is 4.90 Å². The number of hydrogen-bond donors (Lipinski definition) is 0. The first-order valence-electron chi connectivity index (χ1n) is 21.1. The molecule has 0 spiro atoms. The summed E-state index contributed by atoms with van der Waals surface area (Å²) in [6, 6.07) is 87.0. The molecule has 284 valence electrons. The van der Waals surface area contributed by atoms with E-state index in [2.05, 4.69) is 241 Å². The van der Waals surface area contributed by atoms with Crippen LogP contribution in [0.4, 0.5) is 17.1 Å². The first-order valence-corrected chi connectivity index (χ1v) is 21.1. The van der Waals surface area contributed by atoms with Crippen LogP contribution in [0, 0.1) is 0 Å². The van der Waals surface area contributed by atoms with E-state index >= 15 is 0 Å². The molecule has 12 rings (SSSR count). The van der Waals surface area contributed by atoms with Gasteiger partial charge in [-0.2, -0.15) is 0 Å². The highest BCUT2D eigenvalue weighted by atomic mass is 15.1. The Bertz CT molecular complexity index is 3640. The molecular weight excluding hydrogens is 735 g/mol. The summed E-state index contributed by atoms with van der Waals surface area (Å²) in [4.78, 5) is 2.50. The molecule has 61 heavy (non-hydrogen) atoms. The van der Waals surface area contributed by atoms with Crippen LogP contribution >= 0.6 is 0 Å². The van der Waals surface area contributed by atoms with Crippen molar-refractivity contribution < 1.29 is 0 Å². The maximum atomic E-state index is 2.50. The third-order valence-electron chi connectivity index (χ3n) is 12.6. The third-order valence-corrected chi connectivity index (χ3v) is 12.6. The quantitative estimate of drug-likeness (QED) is 0.152. The largest absolute Gasteiger partial charge is 0.309 e. The lowest BCUT2D eigenvalue weighted by Gasteiger charge is -2.31. The maximum Gasteiger partial charge on any atom is 0.0618 e. The van der Waals surface area contributed by atoms with E-state index in [1.807, 2.05) is 0 Å². The first-order chi connectivity index (χ1) is 30.3. The monoisotopic (exact) mass is 773 g/mol. The van der Waals surface area contributed by atoms with Crippen molar-refractivity contribution in [2.24, 2.45) is 0 Å². The Hall–Kier alpha value is -8.00. The van der Waals surface area contributed by atoms with Crippen LogP contribution in [0.5, 0.6) is 0 Å². The lowest BCUT2D eigenvalue weighted by molar-refractivity contribution is 1.30. The lowest BCUT2D eigenvalue weighted by Crippen LogP contribution is -2.13. The summed E-state index contributed by atoms with van der Waals surface area (Å²) < 4.78 is 0. The van der Waals surface area contributed by atoms with Crippen LogP contribution in [0.15, 0.2) is 237 Å². The smallest absolute Gasteiger partial charge is 0.0618 e. The van der Waals surface area contributed by atoms with Crippen molar-refractivity contribution in [1.82, 2.24) is 0 Å². The van der Waals surface area contributed by atoms with E-state index in [0.29, 0.717) is 0 Å². The Labute approximate surface area is 355 Å². The van der Waals surface area contributed by atoms with E-state index in [1.54, 1.807) is 0 Å². The van der Waals surface area contributed by atoms with Crippen molar-refractivity contribution in [2.75, 3.05) is 4.90 Å². The van der Waals surface area contributed by atoms with Crippen LogP contribution < -0.4 is 4.90 Å². The van der Waals surface area contributed by atoms with E-state index in [-0.39, 0.29) is 0 Å². The van der Waals surface area contributed by atoms with Crippen molar-refractivity contribution in [3.05, 3.63) is 237 Å². The van der Waals surface area contributed by atoms with Gasteiger partial charge in [0.15, 0.2) is 0 Å². The van der Waals surface area contributed by atoms with Gasteiger partial charge in [0.2, 0.25) is 0 Å². The molecule has 0 saturated carbocycles. The normalized spacial score (nSPS) is 11.6. The Morgan fingerprint density at radius 3 is 1.48 bits per heavy atom. The van der Waals surface area contributed by atoms with Gasteiger partial charge in [-0.3, -0.25) is 0 Å². The summed E-state index contributed by atoms with van der Waals surface area (Å²) in [5.74, 6) is 0. The highest BCUT2D eigenvalue weighted by molar-refractivity contribution is 6.18. The van der Waals surface area contributed by atoms with E-state index < -0.39 is 0 Å². The first kappa shape index (κ1) is 35.0. The highest BCUT2D eigenvalue weighted by Gasteiger charge is 2.23. The van der Waals surface area contributed by atoms with E-state index in [4.69, 9.17) is 0 Å². The molecule has 0 unspecified atom stereocenters. The third kappa shape index (κ3) is 5.86. The zero-order valence-electron chi connectivity index (χ0n) is 33.5. The fourth-order valence-electron chi connectivity index (χ4n) is 9.73. The number of nitrogens with zero attached hydrogens (tertiary/aromatic N) is 1. The van der Waals surface area contributed by atoms with E-state index in [9.17, 15) is 0 Å². The summed E-state index contributed by atoms with van der Waals surface area (Å²) >= 11 is 0. The molecule has 1 nitrogen and oxygen atoms in total. The Kier molecular flexibility index (Phi) is 8.25. The SMILES string of the molecule is c1ccc(-c2ccccc2N(c2ccc(-c3cc4ccccc4c4ccccc34)cc2)c2c(-c3ccc4c(ccc5c6ccccc6ccc45)c3)ccc3ccccc23)cc1. The Morgan fingerprint density at radius 1 is 0.230 bits per heavy atom. The van der Waals surface area contributed by atoms with Gasteiger partial charge in [-0.15, -0.1) is 0 Å². The van der Waals surface area contributed by atoms with Crippen molar-refractivity contribution in [1.29, 1.82) is 0 Å². The maximum absolute atomic E-state index is 2.50. The molecule has 0 N–H and O–H groups in total. The Balaban J connectivity index is 1.09. The van der Waals surface area contributed by atoms with Crippen molar-refractivity contribution in [3.63, 3.8) is 0 Å². The summed E-state index contributed by atoms with van der Waals surface area (Å²) in [5, 5.41) is 15.0. The summed E-state index contributed by atoms with van der Waals surface area (Å²) in [6.07, 6.45) is 0. The summed E-state index contributed by atoms with van der Waals surface area (Å²) in [7, 11) is 0. The number of benzene rings is 12. The summed E-state index contributed by atoms with van der Waals surface area (Å²) in [5.41, 5.74) is 10.5. The molecule has 0 aliphatic heterocycles. The minimum Gasteiger partial charge on any atom is -0.309 e. The highest BCUT2D eigenvalue weighted by Crippen LogP contribution is 2.49. The van der Waals surface area contributed by atoms with Gasteiger partial charge in [-0.25, -0.2) is 0 Å². The van der Waals surface area contributed by atoms with Gasteiger partial charge >= 0.3 is 0 Å². The zero-order valence-corrected chi connectivity index (χ0v) is 33.5. The minimum atomic E-state index is 1.09. The standard InChI is InChI=1S/C60H39N/c1-2-14-40(15-3-1)51-21-12-13-25-59(51)61(47-32-26-43(27-33-47)58-39-44-18-6-8-20-49(44)54-23-10-11-24-55(54)58)60-52-22-9-5-17-42(52)28-35-53(60)46-30-34-50-45(38-46)31-37-56-48-19-7-4-16-41(48)29-36-57(50)56/h1-39H. The number of fused-ring (bicyclic) bond motifs is 9. The second-order valence-corrected chi connectivity index (χ2v) is 16.0. The number of rotatable bonds is 6. The predicted molar refractivity (Wildman–Crippen MR) is 262 cm³/mol. The van der Waals surface area contributed by atoms with Crippen molar-refractivity contribution in [2.45, 2.75) is 0 Å². The average molecular weight is 774 g/mol. The predicted octanol–water partition coefficient (Wildman–Crippen LogP) is 17.1. The molecule has 0 saturated heterocycles. The lowest BCUT2D eigenvalue weighted by atomic mass is 9.91. The van der Waals surface area contributed by atoms with Gasteiger partial charge in [-0.05, 0) is 112 Å². The number of para-hydroxylation sites is 1. The van der Waals surface area contributed by atoms with Gasteiger partial charge in [0.25, 0.3) is 0 Å². The molecule has 0 radical (unpaired) electrons. The van der Waals surface area contributed by atoms with Crippen LogP contribution in [0.2, 0.25) is 0 Å².